The molecule has 1 saturated heterocycles. The number of rotatable bonds is 8. The van der Waals surface area contributed by atoms with Gasteiger partial charge in [0.05, 0.1) is 33.1 Å². The summed E-state index contributed by atoms with van der Waals surface area (Å²) in [5.74, 6) is 0.684. The summed E-state index contributed by atoms with van der Waals surface area (Å²) in [5, 5.41) is 14.2. The third-order valence-corrected chi connectivity index (χ3v) is 7.56. The Kier molecular flexibility index (Phi) is 6.03. The Morgan fingerprint density at radius 1 is 1.08 bits per heavy atom. The van der Waals surface area contributed by atoms with E-state index in [0.717, 1.165) is 36.2 Å². The Hall–Kier alpha value is -3.92. The monoisotopic (exact) mass is 507 g/mol. The summed E-state index contributed by atoms with van der Waals surface area (Å²) >= 11 is 0. The highest BCUT2D eigenvalue weighted by atomic mass is 16.7. The number of cyclic esters (lactones) is 1. The molecule has 1 fully saturated rings. The van der Waals surface area contributed by atoms with Crippen LogP contribution in [0.25, 0.3) is 0 Å². The van der Waals surface area contributed by atoms with Crippen LogP contribution in [-0.4, -0.2) is 54.8 Å². The van der Waals surface area contributed by atoms with Gasteiger partial charge in [-0.2, -0.15) is 0 Å². The van der Waals surface area contributed by atoms with Crippen molar-refractivity contribution in [3.63, 3.8) is 0 Å². The minimum absolute atomic E-state index is 0.0848. The number of imidazole rings is 1. The zero-order valence-electron chi connectivity index (χ0n) is 20.7. The lowest BCUT2D eigenvalue weighted by molar-refractivity contribution is -0.141. The molecule has 194 valence electrons. The third-order valence-electron chi connectivity index (χ3n) is 7.56. The van der Waals surface area contributed by atoms with Crippen molar-refractivity contribution in [2.24, 2.45) is 11.8 Å². The Morgan fingerprint density at radius 2 is 1.81 bits per heavy atom. The minimum Gasteiger partial charge on any atom is -0.502 e. The van der Waals surface area contributed by atoms with Gasteiger partial charge in [0.1, 0.15) is 0 Å². The van der Waals surface area contributed by atoms with Gasteiger partial charge in [-0.1, -0.05) is 0 Å². The molecule has 2 aromatic carbocycles. The molecule has 4 atom stereocenters. The fourth-order valence-corrected chi connectivity index (χ4v) is 5.86. The minimum atomic E-state index is -0.432. The summed E-state index contributed by atoms with van der Waals surface area (Å²) in [6, 6.07) is 7.40. The van der Waals surface area contributed by atoms with Crippen molar-refractivity contribution in [3.8, 4) is 28.7 Å². The van der Waals surface area contributed by atoms with Gasteiger partial charge in [-0.3, -0.25) is 4.79 Å². The van der Waals surface area contributed by atoms with Crippen LogP contribution in [0, 0.1) is 11.8 Å². The van der Waals surface area contributed by atoms with Crippen LogP contribution in [0.3, 0.4) is 0 Å². The molecule has 2 aliphatic heterocycles. The molecule has 37 heavy (non-hydrogen) atoms. The second-order valence-corrected chi connectivity index (χ2v) is 9.49. The van der Waals surface area contributed by atoms with Crippen LogP contribution in [0.1, 0.15) is 35.1 Å². The van der Waals surface area contributed by atoms with Crippen LogP contribution in [-0.2, 0) is 16.1 Å². The number of hydrogen-bond acceptors (Lipinski definition) is 9. The highest BCUT2D eigenvalue weighted by Gasteiger charge is 2.52. The Balaban J connectivity index is 1.41. The standard InChI is InChI=1S/C27H29N3O7/c1-33-21-8-15(9-22(34-2)26(21)31)23-16-10-19-20(37-14-36-19)11-17(16)25(18-12-35-27(32)24(18)23)29-4-3-6-30-7-5-28-13-30/h5,7-11,13,18,23-25,29,31H,3-4,6,12,14H2,1-2H3/t18?,23-,24?,25-/m1/s1. The molecule has 2 N–H and O–H groups in total. The number of ether oxygens (including phenoxy) is 5. The van der Waals surface area contributed by atoms with Gasteiger partial charge in [0.15, 0.2) is 23.0 Å². The summed E-state index contributed by atoms with van der Waals surface area (Å²) in [7, 11) is 2.98. The van der Waals surface area contributed by atoms with Crippen molar-refractivity contribution in [2.75, 3.05) is 34.2 Å². The van der Waals surface area contributed by atoms with E-state index in [9.17, 15) is 9.90 Å². The van der Waals surface area contributed by atoms with E-state index in [1.807, 2.05) is 22.9 Å². The van der Waals surface area contributed by atoms with Crippen molar-refractivity contribution in [1.29, 1.82) is 0 Å². The highest BCUT2D eigenvalue weighted by Crippen LogP contribution is 2.55. The molecule has 3 aliphatic rings. The number of esters is 1. The number of nitrogens with zero attached hydrogens (tertiary/aromatic N) is 2. The van der Waals surface area contributed by atoms with Crippen molar-refractivity contribution in [3.05, 3.63) is 59.7 Å². The highest BCUT2D eigenvalue weighted by molar-refractivity contribution is 5.79. The zero-order chi connectivity index (χ0) is 25.5. The fraction of sp³-hybridized carbons (Fsp3) is 0.407. The van der Waals surface area contributed by atoms with Crippen LogP contribution in [0.4, 0.5) is 0 Å². The first kappa shape index (κ1) is 23.5. The van der Waals surface area contributed by atoms with Gasteiger partial charge in [0.2, 0.25) is 12.5 Å². The van der Waals surface area contributed by atoms with Crippen LogP contribution in [0.15, 0.2) is 43.0 Å². The molecule has 3 heterocycles. The molecule has 3 aromatic rings. The molecule has 0 spiro atoms. The average Bonchev–Trinajstić information content (AvgIpc) is 3.67. The molecule has 0 saturated carbocycles. The second-order valence-electron chi connectivity index (χ2n) is 9.49. The molecular weight excluding hydrogens is 478 g/mol. The van der Waals surface area contributed by atoms with E-state index in [2.05, 4.69) is 10.3 Å². The van der Waals surface area contributed by atoms with E-state index in [-0.39, 0.29) is 47.9 Å². The smallest absolute Gasteiger partial charge is 0.310 e. The maximum atomic E-state index is 13.2. The predicted octanol–water partition coefficient (Wildman–Crippen LogP) is 2.99. The normalized spacial score (nSPS) is 23.4. The molecule has 2 unspecified atom stereocenters. The van der Waals surface area contributed by atoms with Crippen LogP contribution in [0.2, 0.25) is 0 Å². The van der Waals surface area contributed by atoms with Crippen molar-refractivity contribution in [2.45, 2.75) is 24.9 Å². The average molecular weight is 508 g/mol. The van der Waals surface area contributed by atoms with E-state index in [1.165, 1.54) is 14.2 Å². The van der Waals surface area contributed by atoms with E-state index < -0.39 is 5.92 Å². The number of fused-ring (bicyclic) bond motifs is 3. The lowest BCUT2D eigenvalue weighted by Crippen LogP contribution is -2.41. The maximum Gasteiger partial charge on any atom is 0.310 e. The van der Waals surface area contributed by atoms with Crippen LogP contribution >= 0.6 is 0 Å². The van der Waals surface area contributed by atoms with Gasteiger partial charge in [0, 0.05) is 36.8 Å². The molecule has 0 amide bonds. The van der Waals surface area contributed by atoms with Crippen molar-refractivity contribution >= 4 is 5.97 Å². The number of phenolic OH excluding ortho intramolecular Hbond substituents is 1. The summed E-state index contributed by atoms with van der Waals surface area (Å²) in [5.41, 5.74) is 2.78. The number of phenols is 1. The van der Waals surface area contributed by atoms with E-state index in [4.69, 9.17) is 23.7 Å². The van der Waals surface area contributed by atoms with Gasteiger partial charge in [-0.05, 0) is 53.9 Å². The molecule has 0 radical (unpaired) electrons. The van der Waals surface area contributed by atoms with E-state index >= 15 is 0 Å². The summed E-state index contributed by atoms with van der Waals surface area (Å²) in [6.45, 7) is 2.06. The number of hydrogen-bond donors (Lipinski definition) is 2. The molecule has 6 rings (SSSR count). The lowest BCUT2D eigenvalue weighted by Gasteiger charge is -2.39. The number of benzene rings is 2. The first-order chi connectivity index (χ1) is 18.1. The van der Waals surface area contributed by atoms with Crippen LogP contribution < -0.4 is 24.3 Å². The first-order valence-electron chi connectivity index (χ1n) is 12.3. The first-order valence-corrected chi connectivity index (χ1v) is 12.3. The number of aryl methyl sites for hydroxylation is 1. The topological polar surface area (TPSA) is 113 Å². The lowest BCUT2D eigenvalue weighted by atomic mass is 9.65. The number of aromatic nitrogens is 2. The maximum absolute atomic E-state index is 13.2. The third kappa shape index (κ3) is 4.01. The van der Waals surface area contributed by atoms with Gasteiger partial charge in [-0.15, -0.1) is 0 Å². The Labute approximate surface area is 214 Å². The van der Waals surface area contributed by atoms with Crippen LogP contribution in [0.5, 0.6) is 28.7 Å². The molecule has 10 nitrogen and oxygen atoms in total. The molecular formula is C27H29N3O7. The second kappa shape index (κ2) is 9.51. The number of nitrogens with one attached hydrogen (secondary N) is 1. The zero-order valence-corrected chi connectivity index (χ0v) is 20.7. The molecule has 1 aromatic heterocycles. The molecule has 1 aliphatic carbocycles. The van der Waals surface area contributed by atoms with Gasteiger partial charge in [0.25, 0.3) is 0 Å². The van der Waals surface area contributed by atoms with Crippen molar-refractivity contribution in [1.82, 2.24) is 14.9 Å². The Bertz CT molecular complexity index is 1280. The summed E-state index contributed by atoms with van der Waals surface area (Å²) in [6.07, 6.45) is 6.42. The number of aromatic hydroxyl groups is 1. The van der Waals surface area contributed by atoms with Gasteiger partial charge < -0.3 is 38.7 Å². The van der Waals surface area contributed by atoms with Gasteiger partial charge in [-0.25, -0.2) is 4.98 Å². The Morgan fingerprint density at radius 3 is 2.49 bits per heavy atom. The SMILES string of the molecule is COc1cc([C@@H]2c3cc4c(cc3[C@@H](NCCCn3ccnc3)C3COC(=O)C32)OCO4)cc(OC)c1O. The number of carbonyl (C=O) groups excluding carboxylic acids is 1. The fourth-order valence-electron chi connectivity index (χ4n) is 5.86. The number of carbonyl (C=O) groups is 1. The summed E-state index contributed by atoms with van der Waals surface area (Å²) in [4.78, 5) is 17.3. The van der Waals surface area contributed by atoms with E-state index in [0.29, 0.717) is 18.1 Å². The molecule has 10 heteroatoms. The van der Waals surface area contributed by atoms with Gasteiger partial charge >= 0.3 is 5.97 Å². The summed E-state index contributed by atoms with van der Waals surface area (Å²) < 4.78 is 30.0. The largest absolute Gasteiger partial charge is 0.502 e. The number of methoxy groups -OCH3 is 2. The molecule has 0 bridgehead atoms. The van der Waals surface area contributed by atoms with E-state index in [1.54, 1.807) is 24.7 Å². The van der Waals surface area contributed by atoms with Crippen molar-refractivity contribution < 1.29 is 33.6 Å². The predicted molar refractivity (Wildman–Crippen MR) is 131 cm³/mol. The quantitative estimate of drug-likeness (QED) is 0.351.